The molecule has 2 unspecified atom stereocenters. The molecule has 1 fully saturated rings. The summed E-state index contributed by atoms with van der Waals surface area (Å²) < 4.78 is 29.0. The summed E-state index contributed by atoms with van der Waals surface area (Å²) in [6.07, 6.45) is 4.40. The van der Waals surface area contributed by atoms with Gasteiger partial charge in [-0.3, -0.25) is 4.99 Å². The number of aliphatic imine (C=N–C) groups is 1. The minimum atomic E-state index is -1.23. The fourth-order valence-electron chi connectivity index (χ4n) is 4.56. The molecule has 0 radical (unpaired) electrons. The molecule has 31 heavy (non-hydrogen) atoms. The van der Waals surface area contributed by atoms with Gasteiger partial charge in [-0.25, -0.2) is 13.5 Å². The lowest BCUT2D eigenvalue weighted by atomic mass is 9.91. The highest BCUT2D eigenvalue weighted by Crippen LogP contribution is 2.48. The van der Waals surface area contributed by atoms with Crippen molar-refractivity contribution < 1.29 is 8.78 Å². The molecule has 0 saturated carbocycles. The molecule has 2 aromatic rings. The fourth-order valence-corrected chi connectivity index (χ4v) is 5.78. The van der Waals surface area contributed by atoms with Crippen molar-refractivity contribution in [3.63, 3.8) is 0 Å². The number of alkyl halides is 1. The molecule has 3 aliphatic rings. The largest absolute Gasteiger partial charge is 0.332 e. The third kappa shape index (κ3) is 3.72. The zero-order valence-corrected chi connectivity index (χ0v) is 18.9. The number of allylic oxidation sites excluding steroid dienone is 2. The Hall–Kier alpha value is -2.12. The number of halogens is 3. The summed E-state index contributed by atoms with van der Waals surface area (Å²) in [7, 11) is 0. The summed E-state index contributed by atoms with van der Waals surface area (Å²) in [6, 6.07) is 5.85. The van der Waals surface area contributed by atoms with Gasteiger partial charge in [-0.1, -0.05) is 30.7 Å². The normalized spacial score (nSPS) is 26.4. The van der Waals surface area contributed by atoms with Crippen molar-refractivity contribution in [3.8, 4) is 0 Å². The molecule has 162 valence electrons. The van der Waals surface area contributed by atoms with Crippen LogP contribution in [0, 0.1) is 11.7 Å². The summed E-state index contributed by atoms with van der Waals surface area (Å²) in [5, 5.41) is 7.22. The van der Waals surface area contributed by atoms with E-state index < -0.39 is 12.3 Å². The highest BCUT2D eigenvalue weighted by Gasteiger charge is 2.41. The third-order valence-electron chi connectivity index (χ3n) is 5.97. The number of amidine groups is 1. The van der Waals surface area contributed by atoms with Crippen LogP contribution in [0.2, 0.25) is 5.02 Å². The maximum Gasteiger partial charge on any atom is 0.188 e. The van der Waals surface area contributed by atoms with Crippen LogP contribution in [0.3, 0.4) is 0 Å². The first kappa shape index (κ1) is 20.8. The molecule has 1 saturated heterocycles. The van der Waals surface area contributed by atoms with E-state index in [0.717, 1.165) is 42.1 Å². The van der Waals surface area contributed by atoms with Crippen molar-refractivity contribution in [2.75, 3.05) is 6.54 Å². The van der Waals surface area contributed by atoms with Gasteiger partial charge in [0.05, 0.1) is 10.9 Å². The van der Waals surface area contributed by atoms with Gasteiger partial charge in [0, 0.05) is 34.6 Å². The van der Waals surface area contributed by atoms with E-state index in [2.05, 4.69) is 28.4 Å². The van der Waals surface area contributed by atoms with Gasteiger partial charge in [-0.2, -0.15) is 5.10 Å². The minimum Gasteiger partial charge on any atom is -0.332 e. The maximum atomic E-state index is 13.9. The average Bonchev–Trinajstić information content (AvgIpc) is 3.47. The average molecular weight is 461 g/mol. The molecule has 4 atom stereocenters. The van der Waals surface area contributed by atoms with Gasteiger partial charge < -0.3 is 4.90 Å². The molecule has 0 aliphatic carbocycles. The maximum absolute atomic E-state index is 13.9. The highest BCUT2D eigenvalue weighted by molar-refractivity contribution is 8.03. The van der Waals surface area contributed by atoms with Gasteiger partial charge in [-0.15, -0.1) is 11.8 Å². The van der Waals surface area contributed by atoms with Crippen molar-refractivity contribution in [3.05, 3.63) is 69.7 Å². The Kier molecular flexibility index (Phi) is 5.42. The Labute approximate surface area is 189 Å². The molecule has 4 nitrogen and oxygen atoms in total. The molecule has 0 N–H and O–H groups in total. The summed E-state index contributed by atoms with van der Waals surface area (Å²) in [5.41, 5.74) is 3.51. The summed E-state index contributed by atoms with van der Waals surface area (Å²) in [5.74, 6) is 1.10. The number of fused-ring (bicyclic) bond motifs is 1. The third-order valence-corrected chi connectivity index (χ3v) is 7.38. The lowest BCUT2D eigenvalue weighted by molar-refractivity contribution is 0.245. The Morgan fingerprint density at radius 1 is 1.29 bits per heavy atom. The van der Waals surface area contributed by atoms with E-state index >= 15 is 0 Å². The second-order valence-corrected chi connectivity index (χ2v) is 9.84. The molecule has 3 aliphatic heterocycles. The molecule has 5 rings (SSSR count). The highest BCUT2D eigenvalue weighted by atomic mass is 35.5. The predicted octanol–water partition coefficient (Wildman–Crippen LogP) is 6.39. The monoisotopic (exact) mass is 460 g/mol. The number of nitrogens with zero attached hydrogens (tertiary/aromatic N) is 4. The van der Waals surface area contributed by atoms with E-state index in [1.165, 1.54) is 23.7 Å². The zero-order chi connectivity index (χ0) is 21.7. The quantitative estimate of drug-likeness (QED) is 0.530. The van der Waals surface area contributed by atoms with Gasteiger partial charge in [0.2, 0.25) is 0 Å². The smallest absolute Gasteiger partial charge is 0.188 e. The van der Waals surface area contributed by atoms with Crippen LogP contribution in [0.5, 0.6) is 0 Å². The fraction of sp³-hybridized carbons (Fsp3) is 0.391. The van der Waals surface area contributed by atoms with Gasteiger partial charge >= 0.3 is 0 Å². The van der Waals surface area contributed by atoms with Crippen LogP contribution in [0.1, 0.15) is 50.3 Å². The SMILES string of the molecule is CC(F)n1ccc(C2=C3C[C@H](C)CN3C(C3CC=CS3)=N[C@H]2c2ccc(F)cc2Cl)n1. The molecule has 0 spiro atoms. The molecular weight excluding hydrogens is 438 g/mol. The molecule has 0 amide bonds. The van der Waals surface area contributed by atoms with Crippen molar-refractivity contribution in [2.45, 2.75) is 44.3 Å². The molecule has 1 aromatic heterocycles. The van der Waals surface area contributed by atoms with E-state index in [0.29, 0.717) is 16.6 Å². The Bertz CT molecular complexity index is 1100. The van der Waals surface area contributed by atoms with Crippen LogP contribution < -0.4 is 0 Å². The Balaban J connectivity index is 1.69. The number of aromatic nitrogens is 2. The molecule has 4 heterocycles. The van der Waals surface area contributed by atoms with E-state index in [1.54, 1.807) is 24.0 Å². The van der Waals surface area contributed by atoms with Crippen molar-refractivity contribution in [2.24, 2.45) is 10.9 Å². The Morgan fingerprint density at radius 2 is 2.13 bits per heavy atom. The minimum absolute atomic E-state index is 0.243. The number of hydrogen-bond donors (Lipinski definition) is 0. The summed E-state index contributed by atoms with van der Waals surface area (Å²) in [4.78, 5) is 7.50. The number of hydrogen-bond acceptors (Lipinski definition) is 4. The predicted molar refractivity (Wildman–Crippen MR) is 122 cm³/mol. The molecular formula is C23H23ClF2N4S. The second kappa shape index (κ2) is 8.10. The van der Waals surface area contributed by atoms with Gasteiger partial charge in [0.25, 0.3) is 0 Å². The van der Waals surface area contributed by atoms with E-state index in [9.17, 15) is 8.78 Å². The number of rotatable bonds is 4. The molecule has 0 bridgehead atoms. The van der Waals surface area contributed by atoms with Crippen LogP contribution >= 0.6 is 23.4 Å². The molecule has 8 heteroatoms. The standard InChI is InChI=1S/C23H23ClF2N4S/c1-13-10-19-21(18-7-8-30(28-18)14(2)25)22(16-6-5-15(26)11-17(16)24)27-23(29(19)12-13)20-4-3-9-31-20/h3,5-9,11,13-14,20,22H,4,10,12H2,1-2H3/t13-,14?,20?,22-/m0/s1. The number of thioether (sulfide) groups is 1. The lowest BCUT2D eigenvalue weighted by Crippen LogP contribution is -2.38. The van der Waals surface area contributed by atoms with Crippen molar-refractivity contribution in [1.29, 1.82) is 0 Å². The molecule has 1 aromatic carbocycles. The lowest BCUT2D eigenvalue weighted by Gasteiger charge is -2.35. The summed E-state index contributed by atoms with van der Waals surface area (Å²) in [6.45, 7) is 4.57. The van der Waals surface area contributed by atoms with E-state index in [-0.39, 0.29) is 11.1 Å². The first-order valence-electron chi connectivity index (χ1n) is 10.5. The van der Waals surface area contributed by atoms with E-state index in [1.807, 2.05) is 6.07 Å². The van der Waals surface area contributed by atoms with Crippen molar-refractivity contribution in [1.82, 2.24) is 14.7 Å². The van der Waals surface area contributed by atoms with Crippen LogP contribution in [-0.2, 0) is 0 Å². The van der Waals surface area contributed by atoms with E-state index in [4.69, 9.17) is 16.6 Å². The number of benzene rings is 1. The second-order valence-electron chi connectivity index (χ2n) is 8.32. The summed E-state index contributed by atoms with van der Waals surface area (Å²) >= 11 is 8.27. The first-order chi connectivity index (χ1) is 14.9. The van der Waals surface area contributed by atoms with Crippen LogP contribution in [0.4, 0.5) is 8.78 Å². The van der Waals surface area contributed by atoms with Gasteiger partial charge in [0.15, 0.2) is 6.30 Å². The van der Waals surface area contributed by atoms with Gasteiger partial charge in [-0.05, 0) is 49.3 Å². The van der Waals surface area contributed by atoms with Crippen LogP contribution in [-0.4, -0.2) is 32.3 Å². The first-order valence-corrected chi connectivity index (χ1v) is 11.8. The zero-order valence-electron chi connectivity index (χ0n) is 17.3. The van der Waals surface area contributed by atoms with Gasteiger partial charge in [0.1, 0.15) is 17.7 Å². The van der Waals surface area contributed by atoms with Crippen molar-refractivity contribution >= 4 is 34.8 Å². The Morgan fingerprint density at radius 3 is 2.81 bits per heavy atom. The van der Waals surface area contributed by atoms with Crippen LogP contribution in [0.25, 0.3) is 5.57 Å². The van der Waals surface area contributed by atoms with Crippen LogP contribution in [0.15, 0.2) is 52.6 Å². The topological polar surface area (TPSA) is 33.4 Å².